The smallest absolute Gasteiger partial charge is 0.120 e. The van der Waals surface area contributed by atoms with Gasteiger partial charge in [-0.1, -0.05) is 30.3 Å². The Kier molecular flexibility index (Phi) is 3.47. The van der Waals surface area contributed by atoms with Gasteiger partial charge in [-0.2, -0.15) is 0 Å². The van der Waals surface area contributed by atoms with Crippen LogP contribution in [0.15, 0.2) is 42.5 Å². The molecule has 1 saturated heterocycles. The fraction of sp³-hybridized carbons (Fsp3) is 0.375. The third kappa shape index (κ3) is 2.65. The summed E-state index contributed by atoms with van der Waals surface area (Å²) >= 11 is 0. The Morgan fingerprint density at radius 2 is 1.83 bits per heavy atom. The van der Waals surface area contributed by atoms with Crippen LogP contribution in [0.5, 0.6) is 5.75 Å². The van der Waals surface area contributed by atoms with Gasteiger partial charge >= 0.3 is 0 Å². The normalized spacial score (nSPS) is 20.6. The molecule has 94 valence electrons. The van der Waals surface area contributed by atoms with Gasteiger partial charge in [0.05, 0.1) is 6.10 Å². The quantitative estimate of drug-likeness (QED) is 0.870. The first-order chi connectivity index (χ1) is 8.92. The minimum atomic E-state index is 0.362. The molecule has 0 aromatic heterocycles. The highest BCUT2D eigenvalue weighted by molar-refractivity contribution is 5.83. The molecule has 0 saturated carbocycles. The van der Waals surface area contributed by atoms with E-state index < -0.39 is 0 Å². The van der Waals surface area contributed by atoms with Crippen LogP contribution < -0.4 is 10.1 Å². The number of hydrogen-bond donors (Lipinski definition) is 1. The summed E-state index contributed by atoms with van der Waals surface area (Å²) in [5.41, 5.74) is 0. The van der Waals surface area contributed by atoms with Crippen molar-refractivity contribution < 1.29 is 4.74 Å². The molecule has 1 unspecified atom stereocenters. The molecule has 1 heterocycles. The van der Waals surface area contributed by atoms with Gasteiger partial charge in [-0.25, -0.2) is 0 Å². The van der Waals surface area contributed by atoms with Gasteiger partial charge in [-0.15, -0.1) is 0 Å². The summed E-state index contributed by atoms with van der Waals surface area (Å²) in [6.07, 6.45) is 3.83. The first-order valence-electron chi connectivity index (χ1n) is 6.78. The highest BCUT2D eigenvalue weighted by atomic mass is 16.5. The van der Waals surface area contributed by atoms with E-state index in [1.807, 2.05) is 0 Å². The Bertz CT molecular complexity index is 515. The minimum absolute atomic E-state index is 0.362. The third-order valence-corrected chi connectivity index (χ3v) is 3.55. The predicted molar refractivity (Wildman–Crippen MR) is 75.1 cm³/mol. The van der Waals surface area contributed by atoms with E-state index in [0.717, 1.165) is 31.7 Å². The highest BCUT2D eigenvalue weighted by Gasteiger charge is 2.13. The van der Waals surface area contributed by atoms with E-state index in [-0.39, 0.29) is 0 Å². The van der Waals surface area contributed by atoms with Crippen molar-refractivity contribution in [3.63, 3.8) is 0 Å². The van der Waals surface area contributed by atoms with Crippen LogP contribution >= 0.6 is 0 Å². The van der Waals surface area contributed by atoms with Crippen molar-refractivity contribution in [1.29, 1.82) is 0 Å². The van der Waals surface area contributed by atoms with E-state index in [1.54, 1.807) is 0 Å². The molecule has 0 spiro atoms. The summed E-state index contributed by atoms with van der Waals surface area (Å²) in [7, 11) is 0. The molecule has 2 aromatic rings. The van der Waals surface area contributed by atoms with Crippen molar-refractivity contribution in [3.05, 3.63) is 42.5 Å². The van der Waals surface area contributed by atoms with E-state index in [2.05, 4.69) is 47.8 Å². The number of rotatable bonds is 2. The second-order valence-corrected chi connectivity index (χ2v) is 4.93. The monoisotopic (exact) mass is 241 g/mol. The lowest BCUT2D eigenvalue weighted by Crippen LogP contribution is -2.19. The molecule has 0 bridgehead atoms. The van der Waals surface area contributed by atoms with Gasteiger partial charge in [0, 0.05) is 0 Å². The van der Waals surface area contributed by atoms with Crippen LogP contribution in [0.4, 0.5) is 0 Å². The lowest BCUT2D eigenvalue weighted by molar-refractivity contribution is 0.188. The van der Waals surface area contributed by atoms with Crippen molar-refractivity contribution in [2.45, 2.75) is 25.4 Å². The van der Waals surface area contributed by atoms with E-state index >= 15 is 0 Å². The zero-order valence-electron chi connectivity index (χ0n) is 10.6. The van der Waals surface area contributed by atoms with Gasteiger partial charge in [0.1, 0.15) is 5.75 Å². The summed E-state index contributed by atoms with van der Waals surface area (Å²) < 4.78 is 6.10. The molecule has 1 aliphatic rings. The van der Waals surface area contributed by atoms with Crippen LogP contribution in [0.25, 0.3) is 10.8 Å². The maximum atomic E-state index is 6.10. The van der Waals surface area contributed by atoms with Crippen molar-refractivity contribution >= 4 is 10.8 Å². The Balaban J connectivity index is 1.77. The molecular formula is C16H19NO. The molecule has 1 N–H and O–H groups in total. The molecule has 0 aliphatic carbocycles. The molecule has 1 fully saturated rings. The third-order valence-electron chi connectivity index (χ3n) is 3.55. The van der Waals surface area contributed by atoms with Gasteiger partial charge in [0.2, 0.25) is 0 Å². The highest BCUT2D eigenvalue weighted by Crippen LogP contribution is 2.23. The van der Waals surface area contributed by atoms with E-state index in [9.17, 15) is 0 Å². The SMILES string of the molecule is c1ccc2cc(OC3CCCNCC3)ccc2c1. The summed E-state index contributed by atoms with van der Waals surface area (Å²) in [5, 5.41) is 5.93. The van der Waals surface area contributed by atoms with Crippen LogP contribution in [0.2, 0.25) is 0 Å². The summed E-state index contributed by atoms with van der Waals surface area (Å²) in [5.74, 6) is 1.00. The van der Waals surface area contributed by atoms with Crippen LogP contribution in [0.1, 0.15) is 19.3 Å². The van der Waals surface area contributed by atoms with E-state index in [0.29, 0.717) is 6.10 Å². The van der Waals surface area contributed by atoms with Crippen molar-refractivity contribution in [2.24, 2.45) is 0 Å². The van der Waals surface area contributed by atoms with Gasteiger partial charge < -0.3 is 10.1 Å². The second kappa shape index (κ2) is 5.40. The Labute approximate surface area is 108 Å². The molecule has 1 aliphatic heterocycles. The molecule has 0 amide bonds. The molecule has 1 atom stereocenters. The number of nitrogens with one attached hydrogen (secondary N) is 1. The van der Waals surface area contributed by atoms with Gasteiger partial charge in [0.15, 0.2) is 0 Å². The number of benzene rings is 2. The van der Waals surface area contributed by atoms with Gasteiger partial charge in [-0.3, -0.25) is 0 Å². The predicted octanol–water partition coefficient (Wildman–Crippen LogP) is 3.36. The minimum Gasteiger partial charge on any atom is -0.490 e. The van der Waals surface area contributed by atoms with Crippen LogP contribution in [0.3, 0.4) is 0 Å². The fourth-order valence-corrected chi connectivity index (χ4v) is 2.54. The van der Waals surface area contributed by atoms with Gasteiger partial charge in [0.25, 0.3) is 0 Å². The molecule has 2 nitrogen and oxygen atoms in total. The zero-order valence-corrected chi connectivity index (χ0v) is 10.6. The van der Waals surface area contributed by atoms with Crippen LogP contribution in [-0.4, -0.2) is 19.2 Å². The lowest BCUT2D eigenvalue weighted by atomic mass is 10.1. The standard InChI is InChI=1S/C16H19NO/c1-2-5-14-12-16(8-7-13(14)4-1)18-15-6-3-10-17-11-9-15/h1-2,4-5,7-8,12,15,17H,3,6,9-11H2. The average molecular weight is 241 g/mol. The Hall–Kier alpha value is -1.54. The summed E-state index contributed by atoms with van der Waals surface area (Å²) in [6.45, 7) is 2.19. The molecular weight excluding hydrogens is 222 g/mol. The first-order valence-corrected chi connectivity index (χ1v) is 6.78. The molecule has 2 heteroatoms. The fourth-order valence-electron chi connectivity index (χ4n) is 2.54. The molecule has 2 aromatic carbocycles. The maximum Gasteiger partial charge on any atom is 0.120 e. The Morgan fingerprint density at radius 1 is 0.944 bits per heavy atom. The zero-order chi connectivity index (χ0) is 12.2. The molecule has 0 radical (unpaired) electrons. The lowest BCUT2D eigenvalue weighted by Gasteiger charge is -2.17. The van der Waals surface area contributed by atoms with E-state index in [1.165, 1.54) is 17.2 Å². The Morgan fingerprint density at radius 3 is 2.78 bits per heavy atom. The topological polar surface area (TPSA) is 21.3 Å². The number of hydrogen-bond acceptors (Lipinski definition) is 2. The average Bonchev–Trinajstić information content (AvgIpc) is 2.67. The van der Waals surface area contributed by atoms with Crippen molar-refractivity contribution in [1.82, 2.24) is 5.32 Å². The van der Waals surface area contributed by atoms with Crippen LogP contribution in [0, 0.1) is 0 Å². The van der Waals surface area contributed by atoms with Crippen molar-refractivity contribution in [3.8, 4) is 5.75 Å². The van der Waals surface area contributed by atoms with Crippen LogP contribution in [-0.2, 0) is 0 Å². The van der Waals surface area contributed by atoms with Crippen molar-refractivity contribution in [2.75, 3.05) is 13.1 Å². The second-order valence-electron chi connectivity index (χ2n) is 4.93. The molecule has 3 rings (SSSR count). The first kappa shape index (κ1) is 11.5. The summed E-state index contributed by atoms with van der Waals surface area (Å²) in [4.78, 5) is 0. The number of ether oxygens (including phenoxy) is 1. The van der Waals surface area contributed by atoms with E-state index in [4.69, 9.17) is 4.74 Å². The largest absolute Gasteiger partial charge is 0.490 e. The number of fused-ring (bicyclic) bond motifs is 1. The maximum absolute atomic E-state index is 6.10. The van der Waals surface area contributed by atoms with Gasteiger partial charge in [-0.05, 0) is 55.3 Å². The molecule has 18 heavy (non-hydrogen) atoms. The summed E-state index contributed by atoms with van der Waals surface area (Å²) in [6, 6.07) is 14.8.